The molecule has 0 N–H and O–H groups in total. The topological polar surface area (TPSA) is 59.0 Å². The molecule has 1 aromatic carbocycles. The summed E-state index contributed by atoms with van der Waals surface area (Å²) in [5.74, 6) is -0.167. The fraction of sp³-hybridized carbons (Fsp3) is 0.231. The van der Waals surface area contributed by atoms with Crippen LogP contribution in [0.1, 0.15) is 18.2 Å². The number of aromatic nitrogens is 1. The summed E-state index contributed by atoms with van der Waals surface area (Å²) in [7, 11) is 1.35. The van der Waals surface area contributed by atoms with Crippen LogP contribution in [0.2, 0.25) is 0 Å². The van der Waals surface area contributed by atoms with E-state index in [1.54, 1.807) is 12.1 Å². The zero-order valence-electron chi connectivity index (χ0n) is 10.0. The maximum Gasteiger partial charge on any atom is 0.182 e. The Hall–Kier alpha value is -2.35. The molecule has 0 radical (unpaired) electrons. The lowest BCUT2D eigenvalue weighted by Crippen LogP contribution is -1.93. The van der Waals surface area contributed by atoms with Crippen molar-refractivity contribution < 1.29 is 13.7 Å². The summed E-state index contributed by atoms with van der Waals surface area (Å²) < 4.78 is 23.7. The van der Waals surface area contributed by atoms with E-state index in [9.17, 15) is 4.39 Å². The standard InChI is InChI=1S/C13H11FN2O2/c1-3-10-6-11(18-16-10)8-4-9(7-15)13(14)12(5-8)17-2/h4-6H,3H2,1-2H3. The van der Waals surface area contributed by atoms with Gasteiger partial charge in [0.05, 0.1) is 18.4 Å². The molecule has 2 rings (SSSR count). The molecule has 0 saturated heterocycles. The Balaban J connectivity index is 2.54. The number of hydrogen-bond donors (Lipinski definition) is 0. The molecule has 0 amide bonds. The van der Waals surface area contributed by atoms with E-state index >= 15 is 0 Å². The predicted octanol–water partition coefficient (Wildman–Crippen LogP) is 2.92. The van der Waals surface area contributed by atoms with Crippen LogP contribution < -0.4 is 4.74 Å². The van der Waals surface area contributed by atoms with Gasteiger partial charge in [0.2, 0.25) is 0 Å². The highest BCUT2D eigenvalue weighted by atomic mass is 19.1. The van der Waals surface area contributed by atoms with Crippen LogP contribution in [0.3, 0.4) is 0 Å². The summed E-state index contributed by atoms with van der Waals surface area (Å²) in [5.41, 5.74) is 1.28. The number of halogens is 1. The summed E-state index contributed by atoms with van der Waals surface area (Å²) in [6, 6.07) is 6.44. The molecule has 0 aliphatic carbocycles. The van der Waals surface area contributed by atoms with Crippen LogP contribution in [-0.2, 0) is 6.42 Å². The van der Waals surface area contributed by atoms with Gasteiger partial charge in [0.15, 0.2) is 17.3 Å². The largest absolute Gasteiger partial charge is 0.494 e. The van der Waals surface area contributed by atoms with E-state index in [2.05, 4.69) is 5.16 Å². The Kier molecular flexibility index (Phi) is 3.28. The minimum Gasteiger partial charge on any atom is -0.494 e. The van der Waals surface area contributed by atoms with E-state index in [4.69, 9.17) is 14.5 Å². The van der Waals surface area contributed by atoms with Crippen LogP contribution in [0.5, 0.6) is 5.75 Å². The van der Waals surface area contributed by atoms with Crippen molar-refractivity contribution in [1.82, 2.24) is 5.16 Å². The normalized spacial score (nSPS) is 10.1. The molecule has 0 saturated carbocycles. The smallest absolute Gasteiger partial charge is 0.182 e. The number of nitrogens with zero attached hydrogens (tertiary/aromatic N) is 2. The van der Waals surface area contributed by atoms with Crippen molar-refractivity contribution in [2.24, 2.45) is 0 Å². The molecule has 0 atom stereocenters. The molecule has 0 bridgehead atoms. The highest BCUT2D eigenvalue weighted by Gasteiger charge is 2.14. The van der Waals surface area contributed by atoms with Crippen LogP contribution in [0.4, 0.5) is 4.39 Å². The van der Waals surface area contributed by atoms with Crippen molar-refractivity contribution in [1.29, 1.82) is 5.26 Å². The molecule has 0 spiro atoms. The van der Waals surface area contributed by atoms with Gasteiger partial charge in [-0.05, 0) is 18.6 Å². The average Bonchev–Trinajstić information content (AvgIpc) is 2.88. The van der Waals surface area contributed by atoms with E-state index in [-0.39, 0.29) is 11.3 Å². The number of ether oxygens (including phenoxy) is 1. The first-order chi connectivity index (χ1) is 8.69. The number of methoxy groups -OCH3 is 1. The number of benzene rings is 1. The van der Waals surface area contributed by atoms with Gasteiger partial charge in [-0.2, -0.15) is 5.26 Å². The number of nitriles is 1. The van der Waals surface area contributed by atoms with E-state index in [1.165, 1.54) is 19.2 Å². The quantitative estimate of drug-likeness (QED) is 0.835. The highest BCUT2D eigenvalue weighted by Crippen LogP contribution is 2.29. The zero-order valence-corrected chi connectivity index (χ0v) is 10.0. The van der Waals surface area contributed by atoms with Gasteiger partial charge in [0.25, 0.3) is 0 Å². The molecule has 1 heterocycles. The molecule has 0 aliphatic heterocycles. The van der Waals surface area contributed by atoms with Gasteiger partial charge in [-0.25, -0.2) is 4.39 Å². The van der Waals surface area contributed by atoms with Crippen molar-refractivity contribution in [2.45, 2.75) is 13.3 Å². The summed E-state index contributed by atoms with van der Waals surface area (Å²) in [6.07, 6.45) is 0.743. The molecular weight excluding hydrogens is 235 g/mol. The Bertz CT molecular complexity index is 614. The lowest BCUT2D eigenvalue weighted by atomic mass is 10.1. The number of rotatable bonds is 3. The molecular formula is C13H11FN2O2. The van der Waals surface area contributed by atoms with E-state index < -0.39 is 5.82 Å². The van der Waals surface area contributed by atoms with Crippen LogP contribution in [0.15, 0.2) is 22.7 Å². The lowest BCUT2D eigenvalue weighted by Gasteiger charge is -2.05. The first-order valence-electron chi connectivity index (χ1n) is 5.43. The minimum absolute atomic E-state index is 0.0125. The fourth-order valence-corrected chi connectivity index (χ4v) is 1.58. The van der Waals surface area contributed by atoms with Crippen LogP contribution >= 0.6 is 0 Å². The molecule has 0 fully saturated rings. The molecule has 18 heavy (non-hydrogen) atoms. The predicted molar refractivity (Wildman–Crippen MR) is 62.5 cm³/mol. The third kappa shape index (κ3) is 2.05. The third-order valence-electron chi connectivity index (χ3n) is 2.59. The van der Waals surface area contributed by atoms with Gasteiger partial charge in [-0.3, -0.25) is 0 Å². The van der Waals surface area contributed by atoms with E-state index in [0.717, 1.165) is 12.1 Å². The first-order valence-corrected chi connectivity index (χ1v) is 5.43. The monoisotopic (exact) mass is 246 g/mol. The SMILES string of the molecule is CCc1cc(-c2cc(C#N)c(F)c(OC)c2)on1. The first kappa shape index (κ1) is 12.1. The zero-order chi connectivity index (χ0) is 13.1. The van der Waals surface area contributed by atoms with Gasteiger partial charge >= 0.3 is 0 Å². The second kappa shape index (κ2) is 4.88. The van der Waals surface area contributed by atoms with Crippen LogP contribution in [0.25, 0.3) is 11.3 Å². The average molecular weight is 246 g/mol. The molecule has 0 unspecified atom stereocenters. The summed E-state index contributed by atoms with van der Waals surface area (Å²) >= 11 is 0. The van der Waals surface area contributed by atoms with Crippen molar-refractivity contribution in [3.05, 3.63) is 35.3 Å². The van der Waals surface area contributed by atoms with Crippen molar-refractivity contribution in [2.75, 3.05) is 7.11 Å². The lowest BCUT2D eigenvalue weighted by molar-refractivity contribution is 0.385. The fourth-order valence-electron chi connectivity index (χ4n) is 1.58. The van der Waals surface area contributed by atoms with Crippen molar-refractivity contribution >= 4 is 0 Å². The Morgan fingerprint density at radius 3 is 2.78 bits per heavy atom. The summed E-state index contributed by atoms with van der Waals surface area (Å²) in [5, 5.41) is 12.7. The maximum absolute atomic E-state index is 13.6. The number of hydrogen-bond acceptors (Lipinski definition) is 4. The third-order valence-corrected chi connectivity index (χ3v) is 2.59. The van der Waals surface area contributed by atoms with Gasteiger partial charge in [-0.1, -0.05) is 12.1 Å². The van der Waals surface area contributed by atoms with Gasteiger partial charge in [0.1, 0.15) is 6.07 Å². The van der Waals surface area contributed by atoms with E-state index in [1.807, 2.05) is 6.92 Å². The second-order valence-electron chi connectivity index (χ2n) is 3.69. The molecule has 4 nitrogen and oxygen atoms in total. The Morgan fingerprint density at radius 2 is 2.22 bits per heavy atom. The van der Waals surface area contributed by atoms with Gasteiger partial charge < -0.3 is 9.26 Å². The molecule has 5 heteroatoms. The van der Waals surface area contributed by atoms with Crippen LogP contribution in [-0.4, -0.2) is 12.3 Å². The molecule has 0 aliphatic rings. The number of aryl methyl sites for hydroxylation is 1. The Labute approximate surface area is 104 Å². The minimum atomic E-state index is -0.668. The maximum atomic E-state index is 13.6. The van der Waals surface area contributed by atoms with Crippen LogP contribution in [0, 0.1) is 17.1 Å². The highest BCUT2D eigenvalue weighted by molar-refractivity contribution is 5.63. The second-order valence-corrected chi connectivity index (χ2v) is 3.69. The van der Waals surface area contributed by atoms with Gasteiger partial charge in [0, 0.05) is 11.6 Å². The van der Waals surface area contributed by atoms with E-state index in [0.29, 0.717) is 11.3 Å². The van der Waals surface area contributed by atoms with Crippen molar-refractivity contribution in [3.63, 3.8) is 0 Å². The van der Waals surface area contributed by atoms with Crippen molar-refractivity contribution in [3.8, 4) is 23.1 Å². The van der Waals surface area contributed by atoms with Gasteiger partial charge in [-0.15, -0.1) is 0 Å². The molecule has 2 aromatic rings. The molecule has 92 valence electrons. The molecule has 1 aromatic heterocycles. The summed E-state index contributed by atoms with van der Waals surface area (Å²) in [6.45, 7) is 1.95. The summed E-state index contributed by atoms with van der Waals surface area (Å²) in [4.78, 5) is 0. The Morgan fingerprint density at radius 1 is 1.44 bits per heavy atom.